The summed E-state index contributed by atoms with van der Waals surface area (Å²) in [6.07, 6.45) is 2.54. The highest BCUT2D eigenvalue weighted by atomic mass is 32.1. The molecule has 0 unspecified atom stereocenters. The van der Waals surface area contributed by atoms with E-state index in [4.69, 9.17) is 9.47 Å². The van der Waals surface area contributed by atoms with Crippen molar-refractivity contribution in [3.05, 3.63) is 45.6 Å². The van der Waals surface area contributed by atoms with Gasteiger partial charge in [-0.05, 0) is 41.6 Å². The van der Waals surface area contributed by atoms with Crippen LogP contribution in [0.3, 0.4) is 0 Å². The highest BCUT2D eigenvalue weighted by Crippen LogP contribution is 2.32. The maximum atomic E-state index is 13.0. The van der Waals surface area contributed by atoms with Gasteiger partial charge in [-0.1, -0.05) is 0 Å². The fourth-order valence-electron chi connectivity index (χ4n) is 3.97. The second kappa shape index (κ2) is 8.45. The second-order valence-electron chi connectivity index (χ2n) is 7.53. The van der Waals surface area contributed by atoms with E-state index >= 15 is 0 Å². The number of benzene rings is 1. The molecular weight excluding hydrogens is 388 g/mol. The van der Waals surface area contributed by atoms with Crippen LogP contribution in [0.2, 0.25) is 0 Å². The molecule has 4 rings (SSSR count). The number of fused-ring (bicyclic) bond motifs is 1. The zero-order chi connectivity index (χ0) is 20.4. The van der Waals surface area contributed by atoms with E-state index in [1.165, 1.54) is 10.4 Å². The van der Waals surface area contributed by atoms with Crippen molar-refractivity contribution in [1.82, 2.24) is 9.80 Å². The fraction of sp³-hybridized carbons (Fsp3) is 0.455. The molecule has 2 aliphatic rings. The number of carbonyl (C=O) groups is 2. The summed E-state index contributed by atoms with van der Waals surface area (Å²) >= 11 is 1.76. The normalized spacial score (nSPS) is 17.0. The Labute approximate surface area is 175 Å². The van der Waals surface area contributed by atoms with Gasteiger partial charge in [0.25, 0.3) is 5.91 Å². The van der Waals surface area contributed by atoms with Gasteiger partial charge in [-0.25, -0.2) is 0 Å². The molecule has 29 heavy (non-hydrogen) atoms. The lowest BCUT2D eigenvalue weighted by molar-refractivity contribution is -0.130. The summed E-state index contributed by atoms with van der Waals surface area (Å²) in [5.41, 5.74) is 1.86. The van der Waals surface area contributed by atoms with Crippen LogP contribution in [-0.2, 0) is 17.8 Å². The third-order valence-corrected chi connectivity index (χ3v) is 6.71. The molecule has 1 aromatic heterocycles. The molecule has 1 saturated heterocycles. The van der Waals surface area contributed by atoms with Crippen LogP contribution < -0.4 is 9.47 Å². The van der Waals surface area contributed by atoms with E-state index in [2.05, 4.69) is 11.4 Å². The smallest absolute Gasteiger partial charge is 0.254 e. The summed E-state index contributed by atoms with van der Waals surface area (Å²) in [6, 6.07) is 7.51. The van der Waals surface area contributed by atoms with Crippen molar-refractivity contribution in [1.29, 1.82) is 0 Å². The van der Waals surface area contributed by atoms with Crippen LogP contribution in [0.1, 0.15) is 40.6 Å². The Hall–Kier alpha value is -2.54. The van der Waals surface area contributed by atoms with Gasteiger partial charge in [0.05, 0.1) is 7.11 Å². The standard InChI is InChI=1S/C22H26N2O4S/c1-15(25)23-9-5-18(6-10-23)28-19-4-3-16(13-20(19)27-2)22(26)24-11-7-21-17(14-24)8-12-29-21/h3-4,8,12-13,18H,5-7,9-11,14H2,1-2H3. The van der Waals surface area contributed by atoms with Gasteiger partial charge in [0, 0.05) is 56.4 Å². The molecule has 0 radical (unpaired) electrons. The predicted molar refractivity (Wildman–Crippen MR) is 112 cm³/mol. The number of amides is 2. The van der Waals surface area contributed by atoms with E-state index in [0.717, 1.165) is 25.8 Å². The number of rotatable bonds is 4. The van der Waals surface area contributed by atoms with Gasteiger partial charge in [0.2, 0.25) is 5.91 Å². The maximum absolute atomic E-state index is 13.0. The van der Waals surface area contributed by atoms with Gasteiger partial charge >= 0.3 is 0 Å². The quantitative estimate of drug-likeness (QED) is 0.770. The summed E-state index contributed by atoms with van der Waals surface area (Å²) in [6.45, 7) is 4.41. The molecule has 1 fully saturated rings. The van der Waals surface area contributed by atoms with Crippen molar-refractivity contribution in [2.24, 2.45) is 0 Å². The fourth-order valence-corrected chi connectivity index (χ4v) is 4.86. The van der Waals surface area contributed by atoms with Crippen LogP contribution in [0.4, 0.5) is 0 Å². The summed E-state index contributed by atoms with van der Waals surface area (Å²) in [4.78, 5) is 29.6. The third-order valence-electron chi connectivity index (χ3n) is 5.69. The largest absolute Gasteiger partial charge is 0.493 e. The monoisotopic (exact) mass is 414 g/mol. The molecule has 1 aromatic carbocycles. The minimum atomic E-state index is 0.0152. The van der Waals surface area contributed by atoms with Gasteiger partial charge in [-0.2, -0.15) is 0 Å². The van der Waals surface area contributed by atoms with E-state index in [9.17, 15) is 9.59 Å². The molecule has 0 N–H and O–H groups in total. The van der Waals surface area contributed by atoms with Crippen molar-refractivity contribution < 1.29 is 19.1 Å². The van der Waals surface area contributed by atoms with E-state index in [-0.39, 0.29) is 17.9 Å². The lowest BCUT2D eigenvalue weighted by Gasteiger charge is -2.32. The van der Waals surface area contributed by atoms with Crippen molar-refractivity contribution >= 4 is 23.2 Å². The molecule has 3 heterocycles. The van der Waals surface area contributed by atoms with Gasteiger partial charge < -0.3 is 19.3 Å². The third kappa shape index (κ3) is 4.24. The molecule has 154 valence electrons. The summed E-state index contributed by atoms with van der Waals surface area (Å²) < 4.78 is 11.6. The Morgan fingerprint density at radius 1 is 1.07 bits per heavy atom. The number of nitrogens with zero attached hydrogens (tertiary/aromatic N) is 2. The Morgan fingerprint density at radius 2 is 1.86 bits per heavy atom. The molecule has 2 aliphatic heterocycles. The molecular formula is C22H26N2O4S. The minimum absolute atomic E-state index is 0.0152. The number of piperidine rings is 1. The summed E-state index contributed by atoms with van der Waals surface area (Å²) in [5, 5.41) is 2.09. The predicted octanol–water partition coefficient (Wildman–Crippen LogP) is 3.34. The molecule has 0 aliphatic carbocycles. The first kappa shape index (κ1) is 19.8. The van der Waals surface area contributed by atoms with Crippen LogP contribution >= 0.6 is 11.3 Å². The molecule has 0 atom stereocenters. The van der Waals surface area contributed by atoms with Crippen molar-refractivity contribution in [3.8, 4) is 11.5 Å². The van der Waals surface area contributed by atoms with E-state index in [0.29, 0.717) is 36.7 Å². The topological polar surface area (TPSA) is 59.1 Å². The van der Waals surface area contributed by atoms with Crippen LogP contribution in [0.5, 0.6) is 11.5 Å². The van der Waals surface area contributed by atoms with E-state index in [1.54, 1.807) is 31.4 Å². The highest BCUT2D eigenvalue weighted by Gasteiger charge is 2.25. The van der Waals surface area contributed by atoms with Gasteiger partial charge in [-0.3, -0.25) is 9.59 Å². The summed E-state index contributed by atoms with van der Waals surface area (Å²) in [5.74, 6) is 1.33. The lowest BCUT2D eigenvalue weighted by Crippen LogP contribution is -2.40. The SMILES string of the molecule is COc1cc(C(=O)N2CCc3sccc3C2)ccc1OC1CCN(C(C)=O)CC1. The Kier molecular flexibility index (Phi) is 5.76. The highest BCUT2D eigenvalue weighted by molar-refractivity contribution is 7.10. The summed E-state index contributed by atoms with van der Waals surface area (Å²) in [7, 11) is 1.59. The number of hydrogen-bond acceptors (Lipinski definition) is 5. The van der Waals surface area contributed by atoms with Crippen LogP contribution in [0, 0.1) is 0 Å². The lowest BCUT2D eigenvalue weighted by atomic mass is 10.1. The maximum Gasteiger partial charge on any atom is 0.254 e. The molecule has 2 amide bonds. The van der Waals surface area contributed by atoms with Crippen LogP contribution in [0.25, 0.3) is 0 Å². The molecule has 0 bridgehead atoms. The molecule has 6 nitrogen and oxygen atoms in total. The van der Waals surface area contributed by atoms with E-state index < -0.39 is 0 Å². The molecule has 0 spiro atoms. The van der Waals surface area contributed by atoms with Crippen LogP contribution in [-0.4, -0.2) is 54.5 Å². The van der Waals surface area contributed by atoms with Gasteiger partial charge in [0.1, 0.15) is 6.10 Å². The zero-order valence-electron chi connectivity index (χ0n) is 16.8. The number of carbonyl (C=O) groups excluding carboxylic acids is 2. The Balaban J connectivity index is 1.43. The Bertz CT molecular complexity index is 902. The van der Waals surface area contributed by atoms with Crippen molar-refractivity contribution in [3.63, 3.8) is 0 Å². The van der Waals surface area contributed by atoms with Crippen LogP contribution in [0.15, 0.2) is 29.6 Å². The average Bonchev–Trinajstić information content (AvgIpc) is 3.21. The molecule has 2 aromatic rings. The second-order valence-corrected chi connectivity index (χ2v) is 8.54. The molecule has 0 saturated carbocycles. The first-order chi connectivity index (χ1) is 14.0. The number of likely N-dealkylation sites (tertiary alicyclic amines) is 1. The van der Waals surface area contributed by atoms with E-state index in [1.807, 2.05) is 21.9 Å². The number of methoxy groups -OCH3 is 1. The van der Waals surface area contributed by atoms with Crippen molar-refractivity contribution in [2.45, 2.75) is 38.8 Å². The average molecular weight is 415 g/mol. The number of ether oxygens (including phenoxy) is 2. The number of hydrogen-bond donors (Lipinski definition) is 0. The minimum Gasteiger partial charge on any atom is -0.493 e. The van der Waals surface area contributed by atoms with Gasteiger partial charge in [-0.15, -0.1) is 11.3 Å². The Morgan fingerprint density at radius 3 is 2.59 bits per heavy atom. The zero-order valence-corrected chi connectivity index (χ0v) is 17.7. The number of thiophene rings is 1. The molecule has 7 heteroatoms. The van der Waals surface area contributed by atoms with Gasteiger partial charge in [0.15, 0.2) is 11.5 Å². The first-order valence-electron chi connectivity index (χ1n) is 10.00. The van der Waals surface area contributed by atoms with Crippen molar-refractivity contribution in [2.75, 3.05) is 26.7 Å². The first-order valence-corrected chi connectivity index (χ1v) is 10.9.